The molecule has 0 saturated carbocycles. The van der Waals surface area contributed by atoms with Crippen LogP contribution in [-0.2, 0) is 6.42 Å². The Morgan fingerprint density at radius 3 is 2.00 bits per heavy atom. The van der Waals surface area contributed by atoms with Gasteiger partial charge in [0, 0.05) is 38.7 Å². The van der Waals surface area contributed by atoms with E-state index in [4.69, 9.17) is 9.47 Å². The summed E-state index contributed by atoms with van der Waals surface area (Å²) in [6.45, 7) is 15.4. The molecule has 0 aromatic heterocycles. The van der Waals surface area contributed by atoms with E-state index >= 15 is 0 Å². The summed E-state index contributed by atoms with van der Waals surface area (Å²) in [4.78, 5) is 28.8. The summed E-state index contributed by atoms with van der Waals surface area (Å²) in [6, 6.07) is 3.92. The van der Waals surface area contributed by atoms with Crippen LogP contribution in [-0.4, -0.2) is 49.2 Å². The largest absolute Gasteiger partial charge is 0.414 e. The lowest BCUT2D eigenvalue weighted by atomic mass is 9.73. The SMILES string of the molecule is C=C(C)[C@@H]1CCC(C)=C[C@H]1c1c(OC(=O)N(C)CC)cc(CCCCC)cc1OC(=O)N(C)CC. The highest BCUT2D eigenvalue weighted by molar-refractivity contribution is 5.74. The number of aryl methyl sites for hydroxylation is 1. The van der Waals surface area contributed by atoms with Gasteiger partial charge in [0.05, 0.1) is 0 Å². The second-order valence-corrected chi connectivity index (χ2v) is 9.76. The number of hydrogen-bond acceptors (Lipinski definition) is 4. The summed E-state index contributed by atoms with van der Waals surface area (Å²) < 4.78 is 12.0. The Labute approximate surface area is 212 Å². The Morgan fingerprint density at radius 1 is 1.00 bits per heavy atom. The zero-order valence-electron chi connectivity index (χ0n) is 22.8. The van der Waals surface area contributed by atoms with Crippen LogP contribution in [0.25, 0.3) is 0 Å². The van der Waals surface area contributed by atoms with Crippen LogP contribution in [0.2, 0.25) is 0 Å². The summed E-state index contributed by atoms with van der Waals surface area (Å²) in [5.41, 5.74) is 4.07. The minimum absolute atomic E-state index is 0.101. The molecule has 1 aliphatic rings. The van der Waals surface area contributed by atoms with Gasteiger partial charge in [0.25, 0.3) is 0 Å². The van der Waals surface area contributed by atoms with Gasteiger partial charge in [-0.3, -0.25) is 0 Å². The van der Waals surface area contributed by atoms with E-state index in [1.807, 2.05) is 32.9 Å². The number of ether oxygens (including phenoxy) is 2. The number of unbranched alkanes of at least 4 members (excludes halogenated alkanes) is 2. The molecule has 1 aromatic rings. The van der Waals surface area contributed by atoms with E-state index in [1.54, 1.807) is 14.1 Å². The molecule has 194 valence electrons. The van der Waals surface area contributed by atoms with Crippen LogP contribution in [0.1, 0.15) is 83.8 Å². The predicted molar refractivity (Wildman–Crippen MR) is 142 cm³/mol. The monoisotopic (exact) mass is 484 g/mol. The van der Waals surface area contributed by atoms with Gasteiger partial charge in [-0.15, -0.1) is 0 Å². The van der Waals surface area contributed by atoms with E-state index < -0.39 is 12.2 Å². The highest BCUT2D eigenvalue weighted by Crippen LogP contribution is 2.47. The predicted octanol–water partition coefficient (Wildman–Crippen LogP) is 7.34. The number of benzene rings is 1. The van der Waals surface area contributed by atoms with Gasteiger partial charge in [0.15, 0.2) is 0 Å². The first-order valence-electron chi connectivity index (χ1n) is 13.0. The Morgan fingerprint density at radius 2 is 1.54 bits per heavy atom. The molecule has 0 heterocycles. The van der Waals surface area contributed by atoms with Crippen LogP contribution < -0.4 is 9.47 Å². The highest BCUT2D eigenvalue weighted by Gasteiger charge is 2.33. The second kappa shape index (κ2) is 13.4. The molecule has 2 atom stereocenters. The van der Waals surface area contributed by atoms with E-state index in [2.05, 4.69) is 26.5 Å². The van der Waals surface area contributed by atoms with Gasteiger partial charge in [0.2, 0.25) is 0 Å². The Balaban J connectivity index is 2.72. The molecular formula is C29H44N2O4. The van der Waals surface area contributed by atoms with Crippen molar-refractivity contribution in [3.05, 3.63) is 47.1 Å². The third-order valence-corrected chi connectivity index (χ3v) is 6.91. The Hall–Kier alpha value is -2.76. The van der Waals surface area contributed by atoms with Gasteiger partial charge in [-0.05, 0) is 77.0 Å². The maximum Gasteiger partial charge on any atom is 0.414 e. The highest BCUT2D eigenvalue weighted by atomic mass is 16.6. The first-order chi connectivity index (χ1) is 16.6. The number of nitrogens with zero attached hydrogens (tertiary/aromatic N) is 2. The minimum Gasteiger partial charge on any atom is -0.410 e. The van der Waals surface area contributed by atoms with E-state index in [0.717, 1.165) is 55.2 Å². The third kappa shape index (κ3) is 7.61. The zero-order valence-corrected chi connectivity index (χ0v) is 22.8. The first-order valence-corrected chi connectivity index (χ1v) is 13.0. The molecule has 1 aliphatic carbocycles. The molecule has 6 nitrogen and oxygen atoms in total. The van der Waals surface area contributed by atoms with Gasteiger partial charge in [-0.2, -0.15) is 0 Å². The molecule has 2 amide bonds. The third-order valence-electron chi connectivity index (χ3n) is 6.91. The molecule has 0 N–H and O–H groups in total. The molecule has 35 heavy (non-hydrogen) atoms. The van der Waals surface area contributed by atoms with Crippen molar-refractivity contribution in [2.24, 2.45) is 5.92 Å². The Kier molecular flexibility index (Phi) is 10.9. The van der Waals surface area contributed by atoms with Crippen molar-refractivity contribution < 1.29 is 19.1 Å². The average Bonchev–Trinajstić information content (AvgIpc) is 2.82. The van der Waals surface area contributed by atoms with Crippen LogP contribution in [0.3, 0.4) is 0 Å². The number of allylic oxidation sites excluding steroid dienone is 3. The number of hydrogen-bond donors (Lipinski definition) is 0. The van der Waals surface area contributed by atoms with Crippen LogP contribution in [0.5, 0.6) is 11.5 Å². The average molecular weight is 485 g/mol. The number of carbonyl (C=O) groups excluding carboxylic acids is 2. The van der Waals surface area contributed by atoms with Crippen molar-refractivity contribution in [1.82, 2.24) is 9.80 Å². The van der Waals surface area contributed by atoms with Gasteiger partial charge >= 0.3 is 12.2 Å². The molecule has 2 rings (SSSR count). The summed E-state index contributed by atoms with van der Waals surface area (Å²) in [7, 11) is 3.43. The molecule has 0 bridgehead atoms. The Bertz CT molecular complexity index is 892. The molecule has 0 saturated heterocycles. The smallest absolute Gasteiger partial charge is 0.410 e. The van der Waals surface area contributed by atoms with Gasteiger partial charge < -0.3 is 19.3 Å². The molecule has 0 radical (unpaired) electrons. The maximum absolute atomic E-state index is 12.9. The maximum atomic E-state index is 12.9. The topological polar surface area (TPSA) is 59.1 Å². The van der Waals surface area contributed by atoms with E-state index in [-0.39, 0.29) is 11.8 Å². The van der Waals surface area contributed by atoms with E-state index in [0.29, 0.717) is 24.6 Å². The molecule has 0 spiro atoms. The van der Waals surface area contributed by atoms with Crippen LogP contribution in [0.15, 0.2) is 35.9 Å². The second-order valence-electron chi connectivity index (χ2n) is 9.76. The summed E-state index contributed by atoms with van der Waals surface area (Å²) >= 11 is 0. The fraction of sp³-hybridized carbons (Fsp3) is 0.586. The summed E-state index contributed by atoms with van der Waals surface area (Å²) in [5.74, 6) is 0.990. The quantitative estimate of drug-likeness (QED) is 0.257. The fourth-order valence-corrected chi connectivity index (χ4v) is 4.38. The van der Waals surface area contributed by atoms with Gasteiger partial charge in [-0.1, -0.05) is 43.6 Å². The van der Waals surface area contributed by atoms with Crippen molar-refractivity contribution in [2.75, 3.05) is 27.2 Å². The molecule has 0 unspecified atom stereocenters. The molecule has 0 fully saturated rings. The molecule has 6 heteroatoms. The molecule has 1 aromatic carbocycles. The van der Waals surface area contributed by atoms with Crippen molar-refractivity contribution >= 4 is 12.2 Å². The number of carbonyl (C=O) groups is 2. The summed E-state index contributed by atoms with van der Waals surface area (Å²) in [5, 5.41) is 0. The van der Waals surface area contributed by atoms with Crippen molar-refractivity contribution in [3.63, 3.8) is 0 Å². The van der Waals surface area contributed by atoms with Gasteiger partial charge in [-0.25, -0.2) is 9.59 Å². The van der Waals surface area contributed by atoms with E-state index in [1.165, 1.54) is 15.4 Å². The van der Waals surface area contributed by atoms with Crippen molar-refractivity contribution in [2.45, 2.75) is 79.1 Å². The van der Waals surface area contributed by atoms with Crippen LogP contribution in [0, 0.1) is 5.92 Å². The zero-order chi connectivity index (χ0) is 26.1. The minimum atomic E-state index is -0.425. The number of amides is 2. The lowest BCUT2D eigenvalue weighted by molar-refractivity contribution is 0.161. The molecular weight excluding hydrogens is 440 g/mol. The first kappa shape index (κ1) is 28.5. The van der Waals surface area contributed by atoms with E-state index in [9.17, 15) is 9.59 Å². The summed E-state index contributed by atoms with van der Waals surface area (Å²) in [6.07, 6.45) is 7.35. The molecule has 0 aliphatic heterocycles. The fourth-order valence-electron chi connectivity index (χ4n) is 4.38. The van der Waals surface area contributed by atoms with Gasteiger partial charge in [0.1, 0.15) is 11.5 Å². The van der Waals surface area contributed by atoms with Crippen molar-refractivity contribution in [1.29, 1.82) is 0 Å². The normalized spacial score (nSPS) is 17.4. The van der Waals surface area contributed by atoms with Crippen molar-refractivity contribution in [3.8, 4) is 11.5 Å². The lowest BCUT2D eigenvalue weighted by Crippen LogP contribution is -2.31. The van der Waals surface area contributed by atoms with Crippen LogP contribution >= 0.6 is 0 Å². The lowest BCUT2D eigenvalue weighted by Gasteiger charge is -2.33. The standard InChI is InChI=1S/C29H44N2O4/c1-9-12-13-14-22-18-25(34-28(32)30(7)10-2)27(26(19-22)35-29(33)31(8)11-3)24-17-21(6)15-16-23(24)20(4)5/h17-19,23-24H,4,9-16H2,1-3,5-8H3/t23-,24+/m0/s1. The number of rotatable bonds is 10. The van der Waals surface area contributed by atoms with Crippen LogP contribution in [0.4, 0.5) is 9.59 Å².